The summed E-state index contributed by atoms with van der Waals surface area (Å²) in [6.07, 6.45) is 2.21. The molecule has 0 spiro atoms. The Balaban J connectivity index is 2.02. The van der Waals surface area contributed by atoms with E-state index in [-0.39, 0.29) is 6.42 Å². The summed E-state index contributed by atoms with van der Waals surface area (Å²) in [7, 11) is 0. The zero-order valence-electron chi connectivity index (χ0n) is 13.5. The molecule has 9 heteroatoms. The van der Waals surface area contributed by atoms with Crippen LogP contribution in [0.15, 0.2) is 16.2 Å². The van der Waals surface area contributed by atoms with Crippen LogP contribution >= 0.6 is 11.3 Å². The average molecular weight is 366 g/mol. The Morgan fingerprint density at radius 2 is 2.20 bits per heavy atom. The predicted molar refractivity (Wildman–Crippen MR) is 91.1 cm³/mol. The third kappa shape index (κ3) is 3.32. The van der Waals surface area contributed by atoms with Gasteiger partial charge >= 0.3 is 5.97 Å². The molecule has 0 aliphatic heterocycles. The van der Waals surface area contributed by atoms with E-state index in [9.17, 15) is 19.5 Å². The minimum atomic E-state index is -1.21. The van der Waals surface area contributed by atoms with Crippen LogP contribution in [0.5, 0.6) is 5.75 Å². The van der Waals surface area contributed by atoms with Crippen molar-refractivity contribution in [3.8, 4) is 5.75 Å². The van der Waals surface area contributed by atoms with Crippen LogP contribution in [0.25, 0.3) is 10.2 Å². The molecule has 0 aromatic carbocycles. The Kier molecular flexibility index (Phi) is 4.67. The molecule has 1 atom stereocenters. The van der Waals surface area contributed by atoms with Gasteiger partial charge in [0.05, 0.1) is 4.70 Å². The van der Waals surface area contributed by atoms with E-state index in [1.807, 2.05) is 0 Å². The fourth-order valence-corrected chi connectivity index (χ4v) is 3.25. The highest BCUT2D eigenvalue weighted by Gasteiger charge is 2.28. The minimum Gasteiger partial charge on any atom is -0.505 e. The Morgan fingerprint density at radius 3 is 2.80 bits per heavy atom. The molecule has 2 heterocycles. The van der Waals surface area contributed by atoms with Crippen LogP contribution in [0.1, 0.15) is 36.5 Å². The molecule has 1 saturated carbocycles. The lowest BCUT2D eigenvalue weighted by Gasteiger charge is -2.15. The molecule has 2 aromatic heterocycles. The first-order valence-corrected chi connectivity index (χ1v) is 8.84. The lowest BCUT2D eigenvalue weighted by atomic mass is 10.1. The minimum absolute atomic E-state index is 0.148. The van der Waals surface area contributed by atoms with Gasteiger partial charge in [-0.15, -0.1) is 16.1 Å². The van der Waals surface area contributed by atoms with Gasteiger partial charge in [-0.3, -0.25) is 9.59 Å². The summed E-state index contributed by atoms with van der Waals surface area (Å²) < 4.78 is 1.35. The number of hydrogen-bond donors (Lipinski definition) is 3. The molecule has 0 saturated heterocycles. The first-order chi connectivity index (χ1) is 11.9. The van der Waals surface area contributed by atoms with Gasteiger partial charge in [0.2, 0.25) is 0 Å². The van der Waals surface area contributed by atoms with Crippen LogP contribution in [0.2, 0.25) is 0 Å². The number of carboxylic acid groups (broad SMARTS) is 1. The first-order valence-electron chi connectivity index (χ1n) is 7.96. The second kappa shape index (κ2) is 6.75. The Hall–Kier alpha value is -2.55. The lowest BCUT2D eigenvalue weighted by molar-refractivity contribution is -0.139. The van der Waals surface area contributed by atoms with E-state index in [0.717, 1.165) is 28.9 Å². The van der Waals surface area contributed by atoms with Gasteiger partial charge in [0, 0.05) is 0 Å². The van der Waals surface area contributed by atoms with Crippen molar-refractivity contribution < 1.29 is 24.6 Å². The van der Waals surface area contributed by atoms with Gasteiger partial charge in [-0.05, 0) is 36.6 Å². The monoisotopic (exact) mass is 366 g/mol. The number of rotatable bonds is 7. The third-order valence-electron chi connectivity index (χ3n) is 4.09. The highest BCUT2D eigenvalue weighted by atomic mass is 32.1. The summed E-state index contributed by atoms with van der Waals surface area (Å²) in [5, 5.41) is 23.4. The van der Waals surface area contributed by atoms with Crippen molar-refractivity contribution in [3.63, 3.8) is 0 Å². The molecular weight excluding hydrogens is 348 g/mol. The number of pyridine rings is 1. The summed E-state index contributed by atoms with van der Waals surface area (Å²) in [6, 6.07) is 0.480. The van der Waals surface area contributed by atoms with Gasteiger partial charge in [0.15, 0.2) is 11.3 Å². The van der Waals surface area contributed by atoms with E-state index in [1.54, 1.807) is 18.4 Å². The Bertz CT molecular complexity index is 883. The number of aromatic nitrogens is 1. The second-order valence-electron chi connectivity index (χ2n) is 5.97. The van der Waals surface area contributed by atoms with E-state index in [0.29, 0.717) is 22.7 Å². The fourth-order valence-electron chi connectivity index (χ4n) is 2.43. The van der Waals surface area contributed by atoms with Crippen LogP contribution in [0, 0.1) is 5.92 Å². The van der Waals surface area contributed by atoms with Gasteiger partial charge < -0.3 is 20.4 Å². The molecule has 25 heavy (non-hydrogen) atoms. The Morgan fingerprint density at radius 1 is 1.48 bits per heavy atom. The van der Waals surface area contributed by atoms with Crippen LogP contribution in [0.4, 0.5) is 0 Å². The summed E-state index contributed by atoms with van der Waals surface area (Å²) in [5.41, 5.74) is -0.929. The number of carbonyl (C=O) groups excluding carboxylic acids is 1. The molecule has 8 nitrogen and oxygen atoms in total. The molecule has 1 fully saturated rings. The maximum Gasteiger partial charge on any atom is 0.326 e. The van der Waals surface area contributed by atoms with E-state index >= 15 is 0 Å². The SMILES string of the molecule is CCC(NC(=O)c1c(O)c2sccc2n(OCC2CC2)c1=O)C(=O)O. The van der Waals surface area contributed by atoms with E-state index in [1.165, 1.54) is 0 Å². The summed E-state index contributed by atoms with van der Waals surface area (Å²) in [6.45, 7) is 1.95. The number of carboxylic acids is 1. The smallest absolute Gasteiger partial charge is 0.326 e. The number of hydrogen-bond acceptors (Lipinski definition) is 6. The number of aromatic hydroxyl groups is 1. The van der Waals surface area contributed by atoms with Crippen molar-refractivity contribution in [2.24, 2.45) is 5.92 Å². The van der Waals surface area contributed by atoms with Crippen LogP contribution in [0.3, 0.4) is 0 Å². The zero-order valence-corrected chi connectivity index (χ0v) is 14.3. The maximum atomic E-state index is 12.7. The second-order valence-corrected chi connectivity index (χ2v) is 6.89. The van der Waals surface area contributed by atoms with Crippen molar-refractivity contribution in [3.05, 3.63) is 27.4 Å². The third-order valence-corrected chi connectivity index (χ3v) is 5.00. The number of aliphatic carboxylic acids is 1. The lowest BCUT2D eigenvalue weighted by Crippen LogP contribution is -2.43. The maximum absolute atomic E-state index is 12.7. The van der Waals surface area contributed by atoms with Crippen molar-refractivity contribution in [1.82, 2.24) is 10.0 Å². The van der Waals surface area contributed by atoms with Crippen molar-refractivity contribution in [2.75, 3.05) is 6.61 Å². The molecule has 134 valence electrons. The highest BCUT2D eigenvalue weighted by molar-refractivity contribution is 7.17. The number of nitrogens with one attached hydrogen (secondary N) is 1. The van der Waals surface area contributed by atoms with Crippen molar-refractivity contribution in [2.45, 2.75) is 32.2 Å². The molecular formula is C16H18N2O6S. The quantitative estimate of drug-likeness (QED) is 0.678. The van der Waals surface area contributed by atoms with Gasteiger partial charge in [-0.1, -0.05) is 6.92 Å². The number of amides is 1. The Labute approximate surface area is 146 Å². The van der Waals surface area contributed by atoms with Crippen LogP contribution in [-0.4, -0.2) is 39.5 Å². The molecule has 1 unspecified atom stereocenters. The molecule has 0 radical (unpaired) electrons. The summed E-state index contributed by atoms with van der Waals surface area (Å²) in [5.74, 6) is -2.21. The number of fused-ring (bicyclic) bond motifs is 1. The van der Waals surface area contributed by atoms with Gasteiger partial charge in [0.25, 0.3) is 11.5 Å². The van der Waals surface area contributed by atoms with E-state index in [4.69, 9.17) is 9.94 Å². The molecule has 1 amide bonds. The average Bonchev–Trinajstić information content (AvgIpc) is 3.26. The van der Waals surface area contributed by atoms with Crippen molar-refractivity contribution in [1.29, 1.82) is 0 Å². The standard InChI is InChI=1S/C16H18N2O6S/c1-2-9(16(22)23)17-14(20)11-12(19)13-10(5-6-25-13)18(15(11)21)24-7-8-3-4-8/h5-6,8-9,19H,2-4,7H2,1H3,(H,17,20)(H,22,23). The van der Waals surface area contributed by atoms with Crippen LogP contribution < -0.4 is 15.7 Å². The topological polar surface area (TPSA) is 118 Å². The van der Waals surface area contributed by atoms with Gasteiger partial charge in [0.1, 0.15) is 18.2 Å². The summed E-state index contributed by atoms with van der Waals surface area (Å²) >= 11 is 1.16. The predicted octanol–water partition coefficient (Wildman–Crippen LogP) is 1.20. The largest absolute Gasteiger partial charge is 0.505 e. The van der Waals surface area contributed by atoms with E-state index in [2.05, 4.69) is 5.32 Å². The zero-order chi connectivity index (χ0) is 18.1. The highest BCUT2D eigenvalue weighted by Crippen LogP contribution is 2.32. The number of thiophene rings is 1. The molecule has 1 aliphatic carbocycles. The van der Waals surface area contributed by atoms with Crippen molar-refractivity contribution >= 4 is 33.4 Å². The molecule has 3 rings (SSSR count). The molecule has 3 N–H and O–H groups in total. The van der Waals surface area contributed by atoms with E-state index < -0.39 is 34.8 Å². The molecule has 0 bridgehead atoms. The first kappa shape index (κ1) is 17.3. The number of nitrogens with zero attached hydrogens (tertiary/aromatic N) is 1. The normalized spacial score (nSPS) is 15.1. The molecule has 2 aromatic rings. The fraction of sp³-hybridized carbons (Fsp3) is 0.438. The van der Waals surface area contributed by atoms with Gasteiger partial charge in [-0.25, -0.2) is 4.79 Å². The van der Waals surface area contributed by atoms with Gasteiger partial charge in [-0.2, -0.15) is 0 Å². The van der Waals surface area contributed by atoms with Crippen LogP contribution in [-0.2, 0) is 4.79 Å². The summed E-state index contributed by atoms with van der Waals surface area (Å²) in [4.78, 5) is 41.8. The molecule has 1 aliphatic rings. The number of carbonyl (C=O) groups is 2.